The molecule has 40 heavy (non-hydrogen) atoms. The van der Waals surface area contributed by atoms with Crippen LogP contribution in [0.4, 0.5) is 10.6 Å². The minimum atomic E-state index is 0.0258. The Morgan fingerprint density at radius 1 is 1.00 bits per heavy atom. The molecule has 4 aromatic rings. The highest BCUT2D eigenvalue weighted by molar-refractivity contribution is 5.79. The van der Waals surface area contributed by atoms with Gasteiger partial charge in [0.25, 0.3) is 0 Å². The van der Waals surface area contributed by atoms with E-state index >= 15 is 0 Å². The number of ether oxygens (including phenoxy) is 1. The Morgan fingerprint density at radius 3 is 2.45 bits per heavy atom. The van der Waals surface area contributed by atoms with E-state index in [1.807, 2.05) is 41.2 Å². The van der Waals surface area contributed by atoms with Crippen LogP contribution in [0.3, 0.4) is 0 Å². The number of urea groups is 1. The zero-order chi connectivity index (χ0) is 27.2. The second-order valence-corrected chi connectivity index (χ2v) is 11.3. The number of benzene rings is 1. The van der Waals surface area contributed by atoms with Gasteiger partial charge in [-0.1, -0.05) is 36.4 Å². The number of anilines is 1. The maximum atomic E-state index is 13.0. The van der Waals surface area contributed by atoms with E-state index in [0.717, 1.165) is 72.3 Å². The number of aromatic nitrogens is 4. The summed E-state index contributed by atoms with van der Waals surface area (Å²) < 4.78 is 6.92. The zero-order valence-corrected chi connectivity index (χ0v) is 22.8. The van der Waals surface area contributed by atoms with Crippen molar-refractivity contribution in [2.75, 3.05) is 26.0 Å². The van der Waals surface area contributed by atoms with Crippen LogP contribution in [-0.2, 0) is 4.74 Å². The van der Waals surface area contributed by atoms with Crippen molar-refractivity contribution < 1.29 is 9.53 Å². The molecule has 5 heterocycles. The zero-order valence-electron chi connectivity index (χ0n) is 22.8. The molecule has 2 aliphatic heterocycles. The third-order valence-electron chi connectivity index (χ3n) is 8.82. The Kier molecular flexibility index (Phi) is 6.38. The number of hydrogen-bond acceptors (Lipinski definition) is 6. The lowest BCUT2D eigenvalue weighted by molar-refractivity contribution is 0.133. The van der Waals surface area contributed by atoms with Crippen LogP contribution in [0.25, 0.3) is 28.0 Å². The molecule has 2 saturated heterocycles. The van der Waals surface area contributed by atoms with Crippen molar-refractivity contribution in [1.29, 1.82) is 0 Å². The first-order valence-corrected chi connectivity index (χ1v) is 14.4. The third kappa shape index (κ3) is 4.38. The Hall–Kier alpha value is -3.98. The fourth-order valence-corrected chi connectivity index (χ4v) is 6.77. The number of rotatable bonds is 7. The molecule has 0 radical (unpaired) electrons. The molecule has 0 spiro atoms. The highest BCUT2D eigenvalue weighted by Gasteiger charge is 2.45. The van der Waals surface area contributed by atoms with Gasteiger partial charge in [0.05, 0.1) is 24.2 Å². The molecule has 9 heteroatoms. The van der Waals surface area contributed by atoms with Gasteiger partial charge in [0, 0.05) is 60.1 Å². The van der Waals surface area contributed by atoms with Gasteiger partial charge in [-0.3, -0.25) is 4.98 Å². The molecular weight excluding hydrogens is 502 g/mol. The second kappa shape index (κ2) is 10.2. The number of piperidine rings is 1. The highest BCUT2D eigenvalue weighted by atomic mass is 16.5. The molecule has 9 nitrogen and oxygen atoms in total. The molecule has 3 N–H and O–H groups in total. The normalized spacial score (nSPS) is 22.1. The van der Waals surface area contributed by atoms with Crippen molar-refractivity contribution in [3.63, 3.8) is 0 Å². The van der Waals surface area contributed by atoms with Gasteiger partial charge in [-0.2, -0.15) is 9.61 Å². The van der Waals surface area contributed by atoms with Crippen molar-refractivity contribution >= 4 is 17.5 Å². The molecule has 3 aromatic heterocycles. The van der Waals surface area contributed by atoms with E-state index in [4.69, 9.17) is 20.4 Å². The summed E-state index contributed by atoms with van der Waals surface area (Å²) in [6, 6.07) is 14.8. The Labute approximate surface area is 233 Å². The molecule has 206 valence electrons. The van der Waals surface area contributed by atoms with E-state index in [2.05, 4.69) is 33.5 Å². The van der Waals surface area contributed by atoms with Crippen LogP contribution < -0.4 is 11.1 Å². The molecule has 3 atom stereocenters. The van der Waals surface area contributed by atoms with Crippen LogP contribution in [0, 0.1) is 0 Å². The average Bonchev–Trinajstić information content (AvgIpc) is 3.67. The first kappa shape index (κ1) is 25.0. The van der Waals surface area contributed by atoms with E-state index in [-0.39, 0.29) is 24.0 Å². The summed E-state index contributed by atoms with van der Waals surface area (Å²) in [5, 5.41) is 7.70. The van der Waals surface area contributed by atoms with Crippen molar-refractivity contribution in [3.8, 4) is 22.4 Å². The quantitative estimate of drug-likeness (QED) is 0.322. The van der Waals surface area contributed by atoms with Gasteiger partial charge in [0.2, 0.25) is 0 Å². The number of fused-ring (bicyclic) bond motifs is 3. The fourth-order valence-electron chi connectivity index (χ4n) is 6.77. The first-order chi connectivity index (χ1) is 19.6. The van der Waals surface area contributed by atoms with Gasteiger partial charge in [0.1, 0.15) is 5.82 Å². The topological polar surface area (TPSA) is 111 Å². The number of nitrogens with two attached hydrogens (primary N) is 1. The van der Waals surface area contributed by atoms with E-state index in [1.54, 1.807) is 7.11 Å². The van der Waals surface area contributed by atoms with Gasteiger partial charge in [-0.25, -0.2) is 9.78 Å². The smallest absolute Gasteiger partial charge is 0.317 e. The van der Waals surface area contributed by atoms with Crippen molar-refractivity contribution in [2.45, 2.75) is 62.4 Å². The number of amides is 2. The number of methoxy groups -OCH3 is 1. The lowest BCUT2D eigenvalue weighted by Gasteiger charge is -2.39. The average molecular weight is 538 g/mol. The maximum absolute atomic E-state index is 13.0. The van der Waals surface area contributed by atoms with Crippen molar-refractivity contribution in [2.24, 2.45) is 0 Å². The van der Waals surface area contributed by atoms with Gasteiger partial charge in [-0.05, 0) is 50.5 Å². The second-order valence-electron chi connectivity index (χ2n) is 11.3. The van der Waals surface area contributed by atoms with Gasteiger partial charge >= 0.3 is 6.03 Å². The van der Waals surface area contributed by atoms with Gasteiger partial charge in [0.15, 0.2) is 5.65 Å². The van der Waals surface area contributed by atoms with Crippen molar-refractivity contribution in [3.05, 3.63) is 66.1 Å². The maximum Gasteiger partial charge on any atom is 0.317 e. The summed E-state index contributed by atoms with van der Waals surface area (Å²) in [6.45, 7) is 1.05. The summed E-state index contributed by atoms with van der Waals surface area (Å²) in [5.41, 5.74) is 13.8. The molecule has 3 fully saturated rings. The Morgan fingerprint density at radius 2 is 1.77 bits per heavy atom. The molecule has 3 aliphatic rings. The summed E-state index contributed by atoms with van der Waals surface area (Å²) in [5.74, 6) is 1.42. The van der Waals surface area contributed by atoms with Crippen molar-refractivity contribution in [1.82, 2.24) is 29.8 Å². The highest BCUT2D eigenvalue weighted by Crippen LogP contribution is 2.50. The van der Waals surface area contributed by atoms with Gasteiger partial charge < -0.3 is 20.7 Å². The van der Waals surface area contributed by atoms with Crippen LogP contribution in [0.2, 0.25) is 0 Å². The molecule has 1 saturated carbocycles. The van der Waals surface area contributed by atoms with Crippen LogP contribution in [-0.4, -0.2) is 62.9 Å². The SMILES string of the molecule is COCCNC(=O)N1[C@@H]2CC[C@H]1CC(c1nc3c(-c4ccc(-c5ccccc5)nc4)cnn3c(N)c1C1CC1)C2. The number of carbonyl (C=O) groups is 1. The summed E-state index contributed by atoms with van der Waals surface area (Å²) in [6.07, 6.45) is 9.91. The lowest BCUT2D eigenvalue weighted by atomic mass is 9.85. The number of carbonyl (C=O) groups excluding carboxylic acids is 1. The monoisotopic (exact) mass is 537 g/mol. The predicted octanol–water partition coefficient (Wildman–Crippen LogP) is 4.98. The van der Waals surface area contributed by atoms with Crippen LogP contribution in [0.1, 0.15) is 61.6 Å². The fraction of sp³-hybridized carbons (Fsp3) is 0.419. The van der Waals surface area contributed by atoms with Crippen LogP contribution in [0.5, 0.6) is 0 Å². The largest absolute Gasteiger partial charge is 0.383 e. The molecule has 1 unspecified atom stereocenters. The number of nitrogens with one attached hydrogen (secondary N) is 1. The summed E-state index contributed by atoms with van der Waals surface area (Å²) >= 11 is 0. The number of nitrogen functional groups attached to an aromatic ring is 1. The number of nitrogens with zero attached hydrogens (tertiary/aromatic N) is 5. The van der Waals surface area contributed by atoms with Crippen LogP contribution >= 0.6 is 0 Å². The molecule has 2 bridgehead atoms. The number of pyridine rings is 1. The van der Waals surface area contributed by atoms with Crippen LogP contribution in [0.15, 0.2) is 54.9 Å². The summed E-state index contributed by atoms with van der Waals surface area (Å²) in [7, 11) is 1.65. The number of hydrogen-bond donors (Lipinski definition) is 2. The minimum Gasteiger partial charge on any atom is -0.383 e. The van der Waals surface area contributed by atoms with E-state index in [0.29, 0.717) is 24.9 Å². The molecule has 2 amide bonds. The molecule has 7 rings (SSSR count). The third-order valence-corrected chi connectivity index (χ3v) is 8.82. The van der Waals surface area contributed by atoms with E-state index in [9.17, 15) is 4.79 Å². The predicted molar refractivity (Wildman–Crippen MR) is 154 cm³/mol. The lowest BCUT2D eigenvalue weighted by Crippen LogP contribution is -2.51. The minimum absolute atomic E-state index is 0.0258. The molecular formula is C31H35N7O2. The van der Waals surface area contributed by atoms with Gasteiger partial charge in [-0.15, -0.1) is 0 Å². The summed E-state index contributed by atoms with van der Waals surface area (Å²) in [4.78, 5) is 25.1. The molecule has 1 aromatic carbocycles. The van der Waals surface area contributed by atoms with E-state index < -0.39 is 0 Å². The molecule has 1 aliphatic carbocycles. The van der Waals surface area contributed by atoms with E-state index in [1.165, 1.54) is 5.56 Å². The Balaban J connectivity index is 1.22. The Bertz CT molecular complexity index is 1520. The standard InChI is InChI=1S/C31H35N7O2/c1-40-14-13-33-31(39)37-23-10-11-24(37)16-22(15-23)28-27(20-7-8-20)29(32)38-30(36-28)25(18-35-38)21-9-12-26(34-17-21)19-5-3-2-4-6-19/h2-6,9,12,17-18,20,22-24H,7-8,10-11,13-16,32H2,1H3,(H,33,39)/t22?,23-,24+. The first-order valence-electron chi connectivity index (χ1n) is 14.4.